The lowest BCUT2D eigenvalue weighted by atomic mass is 10.5. The molecule has 0 aliphatic rings. The topological polar surface area (TPSA) is 37.3 Å². The van der Waals surface area contributed by atoms with E-state index in [-0.39, 0.29) is 0 Å². The predicted molar refractivity (Wildman–Crippen MR) is 28.8 cm³/mol. The molecule has 0 radical (unpaired) electrons. The average Bonchev–Trinajstić information content (AvgIpc) is 1.61. The van der Waals surface area contributed by atoms with Gasteiger partial charge in [0.1, 0.15) is 0 Å². The molecule has 0 fully saturated rings. The summed E-state index contributed by atoms with van der Waals surface area (Å²) < 4.78 is 17.7. The minimum atomic E-state index is -1.93. The Labute approximate surface area is 45.2 Å². The van der Waals surface area contributed by atoms with Crippen molar-refractivity contribution in [1.29, 1.82) is 0 Å². The normalized spacial score (nSPS) is 11.7. The Hall–Kier alpha value is -0.330. The Bertz CT molecular complexity index is 119. The number of hydrogen-bond donors (Lipinski definition) is 1. The highest BCUT2D eigenvalue weighted by Gasteiger charge is 1.73. The molecule has 0 saturated carbocycles. The van der Waals surface area contributed by atoms with E-state index in [4.69, 9.17) is 4.55 Å². The largest absolute Gasteiger partial charge is 0.296 e. The summed E-state index contributed by atoms with van der Waals surface area (Å²) in [6.07, 6.45) is 0.631. The summed E-state index contributed by atoms with van der Waals surface area (Å²) in [5, 5.41) is 2.07. The number of hydrogen-bond acceptors (Lipinski definition) is 1. The first-order chi connectivity index (χ1) is 3.27. The van der Waals surface area contributed by atoms with Crippen molar-refractivity contribution in [1.82, 2.24) is 0 Å². The molecule has 1 unspecified atom stereocenters. The van der Waals surface area contributed by atoms with E-state index in [1.165, 1.54) is 0 Å². The van der Waals surface area contributed by atoms with Gasteiger partial charge in [0.2, 0.25) is 11.1 Å². The fourth-order valence-electron chi connectivity index (χ4n) is 0.134. The maximum absolute atomic E-state index is 9.70. The third-order valence-corrected chi connectivity index (χ3v) is 0.655. The molecule has 7 heavy (non-hydrogen) atoms. The minimum absolute atomic E-state index is 0.631. The van der Waals surface area contributed by atoms with Crippen LogP contribution in [0.25, 0.3) is 0 Å². The zero-order chi connectivity index (χ0) is 5.70. The molecule has 0 bridgehead atoms. The second kappa shape index (κ2) is 3.85. The molecule has 0 amide bonds. The van der Waals surface area contributed by atoms with Crippen LogP contribution in [-0.2, 0) is 11.1 Å². The Morgan fingerprint density at radius 2 is 2.43 bits per heavy atom. The van der Waals surface area contributed by atoms with Gasteiger partial charge in [0.15, 0.2) is 0 Å². The van der Waals surface area contributed by atoms with Gasteiger partial charge in [-0.3, -0.25) is 4.55 Å². The third-order valence-electron chi connectivity index (χ3n) is 0.336. The van der Waals surface area contributed by atoms with E-state index in [2.05, 4.69) is 11.2 Å². The third kappa shape index (κ3) is 5.67. The van der Waals surface area contributed by atoms with Gasteiger partial charge in [0.25, 0.3) is 0 Å². The standard InChI is InChI=1S/C4H6O2S/c1-2-3-4-7(5)6/h2H2,1H3,(H,5,6). The lowest BCUT2D eigenvalue weighted by Crippen LogP contribution is -1.75. The summed E-state index contributed by atoms with van der Waals surface area (Å²) in [5.41, 5.74) is 0. The highest BCUT2D eigenvalue weighted by molar-refractivity contribution is 7.84. The molecule has 2 nitrogen and oxygen atoms in total. The molecule has 1 N–H and O–H groups in total. The molecule has 0 aliphatic heterocycles. The Kier molecular flexibility index (Phi) is 3.67. The van der Waals surface area contributed by atoms with Crippen LogP contribution in [-0.4, -0.2) is 8.76 Å². The van der Waals surface area contributed by atoms with Crippen molar-refractivity contribution < 1.29 is 8.76 Å². The van der Waals surface area contributed by atoms with Gasteiger partial charge in [-0.2, -0.15) is 0 Å². The molecule has 1 atom stereocenters. The second-order valence-electron chi connectivity index (χ2n) is 0.882. The van der Waals surface area contributed by atoms with E-state index in [0.717, 1.165) is 0 Å². The van der Waals surface area contributed by atoms with E-state index in [9.17, 15) is 4.21 Å². The summed E-state index contributed by atoms with van der Waals surface area (Å²) >= 11 is -1.93. The molecule has 0 aliphatic carbocycles. The van der Waals surface area contributed by atoms with Crippen molar-refractivity contribution in [3.8, 4) is 11.2 Å². The summed E-state index contributed by atoms with van der Waals surface area (Å²) in [5.74, 6) is 2.45. The van der Waals surface area contributed by atoms with Crippen molar-refractivity contribution in [2.45, 2.75) is 13.3 Å². The molecule has 0 aromatic heterocycles. The summed E-state index contributed by atoms with van der Waals surface area (Å²) in [4.78, 5) is 0. The van der Waals surface area contributed by atoms with Gasteiger partial charge in [-0.1, -0.05) is 12.8 Å². The van der Waals surface area contributed by atoms with Crippen LogP contribution in [0.4, 0.5) is 0 Å². The lowest BCUT2D eigenvalue weighted by Gasteiger charge is -1.67. The minimum Gasteiger partial charge on any atom is -0.296 e. The fourth-order valence-corrected chi connectivity index (χ4v) is 0.402. The molecular formula is C4H6O2S. The van der Waals surface area contributed by atoms with Crippen molar-refractivity contribution in [3.05, 3.63) is 0 Å². The molecule has 0 rings (SSSR count). The van der Waals surface area contributed by atoms with E-state index >= 15 is 0 Å². The van der Waals surface area contributed by atoms with Gasteiger partial charge in [-0.25, -0.2) is 4.21 Å². The quantitative estimate of drug-likeness (QED) is 0.373. The Morgan fingerprint density at radius 1 is 1.86 bits per heavy atom. The molecule has 0 heterocycles. The predicted octanol–water partition coefficient (Wildman–Crippen LogP) is 0.579. The van der Waals surface area contributed by atoms with Crippen LogP contribution in [0.3, 0.4) is 0 Å². The van der Waals surface area contributed by atoms with Crippen molar-refractivity contribution in [2.24, 2.45) is 0 Å². The zero-order valence-electron chi connectivity index (χ0n) is 3.97. The molecule has 0 saturated heterocycles. The molecule has 3 heteroatoms. The smallest absolute Gasteiger partial charge is 0.233 e. The van der Waals surface area contributed by atoms with Gasteiger partial charge >= 0.3 is 0 Å². The summed E-state index contributed by atoms with van der Waals surface area (Å²) in [7, 11) is 0. The van der Waals surface area contributed by atoms with E-state index < -0.39 is 11.1 Å². The highest BCUT2D eigenvalue weighted by atomic mass is 32.2. The van der Waals surface area contributed by atoms with Crippen LogP contribution in [0.1, 0.15) is 13.3 Å². The van der Waals surface area contributed by atoms with Crippen molar-refractivity contribution in [2.75, 3.05) is 0 Å². The van der Waals surface area contributed by atoms with Gasteiger partial charge in [0, 0.05) is 11.7 Å². The van der Waals surface area contributed by atoms with Gasteiger partial charge in [-0.05, 0) is 0 Å². The zero-order valence-corrected chi connectivity index (χ0v) is 4.79. The molecule has 0 aromatic carbocycles. The van der Waals surface area contributed by atoms with Crippen LogP contribution < -0.4 is 0 Å². The monoisotopic (exact) mass is 118 g/mol. The molecule has 0 aromatic rings. The van der Waals surface area contributed by atoms with Gasteiger partial charge in [-0.15, -0.1) is 0 Å². The van der Waals surface area contributed by atoms with E-state index in [1.807, 2.05) is 6.92 Å². The molecule has 40 valence electrons. The van der Waals surface area contributed by atoms with Crippen LogP contribution in [0.15, 0.2) is 0 Å². The number of rotatable bonds is 0. The first-order valence-corrected chi connectivity index (χ1v) is 2.97. The van der Waals surface area contributed by atoms with Crippen molar-refractivity contribution in [3.63, 3.8) is 0 Å². The molecular weight excluding hydrogens is 112 g/mol. The second-order valence-corrected chi connectivity index (χ2v) is 1.58. The molecule has 0 spiro atoms. The van der Waals surface area contributed by atoms with Crippen LogP contribution in [0.5, 0.6) is 0 Å². The SMILES string of the molecule is CCC#CS(=O)O. The average molecular weight is 118 g/mol. The highest BCUT2D eigenvalue weighted by Crippen LogP contribution is 1.69. The first kappa shape index (κ1) is 6.67. The van der Waals surface area contributed by atoms with Crippen LogP contribution >= 0.6 is 0 Å². The van der Waals surface area contributed by atoms with Crippen LogP contribution in [0, 0.1) is 11.2 Å². The van der Waals surface area contributed by atoms with Gasteiger partial charge < -0.3 is 0 Å². The van der Waals surface area contributed by atoms with Crippen LogP contribution in [0.2, 0.25) is 0 Å². The lowest BCUT2D eigenvalue weighted by molar-refractivity contribution is 0.576. The van der Waals surface area contributed by atoms with E-state index in [0.29, 0.717) is 6.42 Å². The maximum atomic E-state index is 9.70. The Balaban J connectivity index is 3.45. The van der Waals surface area contributed by atoms with Crippen molar-refractivity contribution >= 4 is 11.1 Å². The van der Waals surface area contributed by atoms with E-state index in [1.54, 1.807) is 0 Å². The van der Waals surface area contributed by atoms with Gasteiger partial charge in [0.05, 0.1) is 0 Å². The summed E-state index contributed by atoms with van der Waals surface area (Å²) in [6.45, 7) is 1.82. The summed E-state index contributed by atoms with van der Waals surface area (Å²) in [6, 6.07) is 0. The Morgan fingerprint density at radius 3 is 2.57 bits per heavy atom. The fraction of sp³-hybridized carbons (Fsp3) is 0.500. The maximum Gasteiger partial charge on any atom is 0.233 e. The first-order valence-electron chi connectivity index (χ1n) is 1.86.